The van der Waals surface area contributed by atoms with Gasteiger partial charge in [-0.2, -0.15) is 0 Å². The maximum absolute atomic E-state index is 3.58. The Labute approximate surface area is 93.1 Å². The summed E-state index contributed by atoms with van der Waals surface area (Å²) in [5.41, 5.74) is 1.40. The zero-order valence-electron chi connectivity index (χ0n) is 8.20. The van der Waals surface area contributed by atoms with E-state index in [1.165, 1.54) is 16.3 Å². The lowest BCUT2D eigenvalue weighted by molar-refractivity contribution is 0.962. The van der Waals surface area contributed by atoms with E-state index in [0.29, 0.717) is 4.83 Å². The van der Waals surface area contributed by atoms with Crippen LogP contribution in [0.3, 0.4) is 0 Å². The summed E-state index contributed by atoms with van der Waals surface area (Å²) in [6.45, 7) is 2.18. The van der Waals surface area contributed by atoms with Gasteiger partial charge < -0.3 is 0 Å². The lowest BCUT2D eigenvalue weighted by atomic mass is 10.0. The van der Waals surface area contributed by atoms with Crippen molar-refractivity contribution in [3.05, 3.63) is 48.0 Å². The standard InChI is InChI=1S/C13H13Br/c1-10(14)8-11-6-7-12-4-2-3-5-13(12)9-11/h2-7,9-10H,8H2,1H3. The Morgan fingerprint density at radius 2 is 1.79 bits per heavy atom. The molecule has 2 aromatic carbocycles. The van der Waals surface area contributed by atoms with E-state index in [0.717, 1.165) is 6.42 Å². The van der Waals surface area contributed by atoms with Crippen LogP contribution >= 0.6 is 15.9 Å². The highest BCUT2D eigenvalue weighted by molar-refractivity contribution is 9.09. The van der Waals surface area contributed by atoms with Gasteiger partial charge in [0, 0.05) is 4.83 Å². The quantitative estimate of drug-likeness (QED) is 0.701. The van der Waals surface area contributed by atoms with Crippen LogP contribution in [-0.2, 0) is 6.42 Å². The molecule has 14 heavy (non-hydrogen) atoms. The van der Waals surface area contributed by atoms with E-state index >= 15 is 0 Å². The van der Waals surface area contributed by atoms with Crippen LogP contribution in [0.15, 0.2) is 42.5 Å². The van der Waals surface area contributed by atoms with E-state index in [4.69, 9.17) is 0 Å². The zero-order valence-corrected chi connectivity index (χ0v) is 9.79. The van der Waals surface area contributed by atoms with Crippen molar-refractivity contribution in [1.82, 2.24) is 0 Å². The number of hydrogen-bond acceptors (Lipinski definition) is 0. The Bertz CT molecular complexity index is 432. The third-order valence-corrected chi connectivity index (χ3v) is 2.65. The van der Waals surface area contributed by atoms with Crippen molar-refractivity contribution in [2.45, 2.75) is 18.2 Å². The zero-order chi connectivity index (χ0) is 9.97. The normalized spacial score (nSPS) is 13.0. The van der Waals surface area contributed by atoms with Crippen LogP contribution in [-0.4, -0.2) is 4.83 Å². The number of hydrogen-bond donors (Lipinski definition) is 0. The molecule has 1 atom stereocenters. The van der Waals surface area contributed by atoms with E-state index < -0.39 is 0 Å². The van der Waals surface area contributed by atoms with Gasteiger partial charge >= 0.3 is 0 Å². The second kappa shape index (κ2) is 4.14. The monoisotopic (exact) mass is 248 g/mol. The van der Waals surface area contributed by atoms with Gasteiger partial charge in [-0.3, -0.25) is 0 Å². The first-order valence-electron chi connectivity index (χ1n) is 4.87. The van der Waals surface area contributed by atoms with E-state index in [2.05, 4.69) is 65.3 Å². The topological polar surface area (TPSA) is 0 Å². The highest BCUT2D eigenvalue weighted by Gasteiger charge is 1.99. The Morgan fingerprint density at radius 1 is 1.07 bits per heavy atom. The smallest absolute Gasteiger partial charge is 0.0157 e. The number of fused-ring (bicyclic) bond motifs is 1. The second-order valence-electron chi connectivity index (χ2n) is 3.67. The summed E-state index contributed by atoms with van der Waals surface area (Å²) >= 11 is 3.58. The van der Waals surface area contributed by atoms with Gasteiger partial charge in [0.1, 0.15) is 0 Å². The third-order valence-electron chi connectivity index (χ3n) is 2.33. The molecule has 0 aliphatic heterocycles. The number of alkyl halides is 1. The Morgan fingerprint density at radius 3 is 2.50 bits per heavy atom. The molecule has 2 rings (SSSR count). The molecule has 0 saturated heterocycles. The highest BCUT2D eigenvalue weighted by Crippen LogP contribution is 2.17. The van der Waals surface area contributed by atoms with Crippen molar-refractivity contribution in [3.63, 3.8) is 0 Å². The molecular weight excluding hydrogens is 236 g/mol. The van der Waals surface area contributed by atoms with Gasteiger partial charge in [0.25, 0.3) is 0 Å². The van der Waals surface area contributed by atoms with Crippen molar-refractivity contribution < 1.29 is 0 Å². The lowest BCUT2D eigenvalue weighted by Gasteiger charge is -2.05. The molecule has 0 aliphatic rings. The number of halogens is 1. The summed E-state index contributed by atoms with van der Waals surface area (Å²) in [6, 6.07) is 15.2. The third kappa shape index (κ3) is 2.16. The summed E-state index contributed by atoms with van der Waals surface area (Å²) in [5, 5.41) is 2.65. The summed E-state index contributed by atoms with van der Waals surface area (Å²) in [5.74, 6) is 0. The molecular formula is C13H13Br. The van der Waals surface area contributed by atoms with Gasteiger partial charge in [0.2, 0.25) is 0 Å². The van der Waals surface area contributed by atoms with Crippen LogP contribution in [0.25, 0.3) is 10.8 Å². The Kier molecular flexibility index (Phi) is 2.87. The maximum atomic E-state index is 3.58. The molecule has 0 aliphatic carbocycles. The van der Waals surface area contributed by atoms with Crippen LogP contribution < -0.4 is 0 Å². The fourth-order valence-corrected chi connectivity index (χ4v) is 2.06. The molecule has 0 radical (unpaired) electrons. The first-order chi connectivity index (χ1) is 6.75. The molecule has 0 saturated carbocycles. The van der Waals surface area contributed by atoms with E-state index in [1.807, 2.05) is 0 Å². The van der Waals surface area contributed by atoms with Gasteiger partial charge in [-0.1, -0.05) is 65.3 Å². The molecule has 72 valence electrons. The second-order valence-corrected chi connectivity index (χ2v) is 5.23. The molecule has 2 aromatic rings. The average molecular weight is 249 g/mol. The highest BCUT2D eigenvalue weighted by atomic mass is 79.9. The summed E-state index contributed by atoms with van der Waals surface area (Å²) in [7, 11) is 0. The molecule has 1 heteroatoms. The maximum Gasteiger partial charge on any atom is 0.0157 e. The molecule has 0 spiro atoms. The average Bonchev–Trinajstić information content (AvgIpc) is 2.17. The van der Waals surface area contributed by atoms with Gasteiger partial charge in [-0.25, -0.2) is 0 Å². The van der Waals surface area contributed by atoms with Gasteiger partial charge in [0.15, 0.2) is 0 Å². The minimum Gasteiger partial charge on any atom is -0.0890 e. The molecule has 0 nitrogen and oxygen atoms in total. The SMILES string of the molecule is CC(Br)Cc1ccc2ccccc2c1. The predicted molar refractivity (Wildman–Crippen MR) is 66.0 cm³/mol. The summed E-state index contributed by atoms with van der Waals surface area (Å²) < 4.78 is 0. The van der Waals surface area contributed by atoms with Crippen molar-refractivity contribution in [2.75, 3.05) is 0 Å². The fraction of sp³-hybridized carbons (Fsp3) is 0.231. The van der Waals surface area contributed by atoms with Crippen LogP contribution in [0.2, 0.25) is 0 Å². The first kappa shape index (κ1) is 9.72. The fourth-order valence-electron chi connectivity index (χ4n) is 1.69. The van der Waals surface area contributed by atoms with Crippen LogP contribution in [0.4, 0.5) is 0 Å². The Hall–Kier alpha value is -0.820. The Balaban J connectivity index is 2.41. The first-order valence-corrected chi connectivity index (χ1v) is 5.79. The molecule has 1 unspecified atom stereocenters. The molecule has 0 fully saturated rings. The largest absolute Gasteiger partial charge is 0.0890 e. The molecule has 0 aromatic heterocycles. The predicted octanol–water partition coefficient (Wildman–Crippen LogP) is 4.17. The van der Waals surface area contributed by atoms with Crippen LogP contribution in [0.1, 0.15) is 12.5 Å². The number of benzene rings is 2. The molecule has 0 N–H and O–H groups in total. The number of rotatable bonds is 2. The van der Waals surface area contributed by atoms with E-state index in [1.54, 1.807) is 0 Å². The van der Waals surface area contributed by atoms with Crippen molar-refractivity contribution in [2.24, 2.45) is 0 Å². The molecule has 0 bridgehead atoms. The molecule has 0 amide bonds. The minimum atomic E-state index is 0.545. The molecule has 0 heterocycles. The van der Waals surface area contributed by atoms with Crippen molar-refractivity contribution in [3.8, 4) is 0 Å². The van der Waals surface area contributed by atoms with Crippen LogP contribution in [0, 0.1) is 0 Å². The van der Waals surface area contributed by atoms with Gasteiger partial charge in [0.05, 0.1) is 0 Å². The summed E-state index contributed by atoms with van der Waals surface area (Å²) in [4.78, 5) is 0.545. The lowest BCUT2D eigenvalue weighted by Crippen LogP contribution is -1.95. The van der Waals surface area contributed by atoms with Crippen LogP contribution in [0.5, 0.6) is 0 Å². The van der Waals surface area contributed by atoms with Gasteiger partial charge in [-0.05, 0) is 22.8 Å². The van der Waals surface area contributed by atoms with Gasteiger partial charge in [-0.15, -0.1) is 0 Å². The van der Waals surface area contributed by atoms with E-state index in [-0.39, 0.29) is 0 Å². The minimum absolute atomic E-state index is 0.545. The van der Waals surface area contributed by atoms with E-state index in [9.17, 15) is 0 Å². The van der Waals surface area contributed by atoms with Crippen molar-refractivity contribution in [1.29, 1.82) is 0 Å². The summed E-state index contributed by atoms with van der Waals surface area (Å²) in [6.07, 6.45) is 1.09. The van der Waals surface area contributed by atoms with Crippen molar-refractivity contribution >= 4 is 26.7 Å².